The summed E-state index contributed by atoms with van der Waals surface area (Å²) in [6, 6.07) is 20.2. The largest absolute Gasteiger partial charge is 0.290 e. The first-order valence-electron chi connectivity index (χ1n) is 9.04. The summed E-state index contributed by atoms with van der Waals surface area (Å²) in [5.41, 5.74) is 1.12. The fraction of sp³-hybridized carbons (Fsp3) is 0.0455. The number of hydrogen-bond donors (Lipinski definition) is 0. The Morgan fingerprint density at radius 3 is 1.90 bits per heavy atom. The smallest absolute Gasteiger partial charge is 0.269 e. The number of para-hydroxylation sites is 1. The van der Waals surface area contributed by atoms with Crippen LogP contribution >= 0.6 is 0 Å². The fourth-order valence-electron chi connectivity index (χ4n) is 3.26. The Labute approximate surface area is 171 Å². The lowest BCUT2D eigenvalue weighted by molar-refractivity contribution is -0.384. The minimum absolute atomic E-state index is 0.141. The van der Waals surface area contributed by atoms with E-state index in [9.17, 15) is 24.5 Å². The van der Waals surface area contributed by atoms with Gasteiger partial charge in [-0.3, -0.25) is 34.3 Å². The van der Waals surface area contributed by atoms with Gasteiger partial charge in [0.2, 0.25) is 0 Å². The van der Waals surface area contributed by atoms with Crippen LogP contribution in [0.5, 0.6) is 0 Å². The molecule has 0 unspecified atom stereocenters. The number of rotatable bonds is 5. The number of fused-ring (bicyclic) bond motifs is 1. The van der Waals surface area contributed by atoms with Gasteiger partial charge in [-0.25, -0.2) is 0 Å². The van der Waals surface area contributed by atoms with Gasteiger partial charge in [0.1, 0.15) is 6.67 Å². The maximum absolute atomic E-state index is 13.2. The SMILES string of the molecule is O=C1c2ccccc2C(=O)N1CN(C(=O)c1ccc([N+](=O)[O-])cc1)c1ccccc1. The quantitative estimate of drug-likeness (QED) is 0.370. The number of nitrogens with zero attached hydrogens (tertiary/aromatic N) is 3. The van der Waals surface area contributed by atoms with Crippen LogP contribution in [0.2, 0.25) is 0 Å². The molecule has 1 heterocycles. The van der Waals surface area contributed by atoms with Crippen molar-refractivity contribution in [3.63, 3.8) is 0 Å². The highest BCUT2D eigenvalue weighted by Crippen LogP contribution is 2.25. The number of non-ortho nitro benzene ring substituents is 1. The molecule has 0 atom stereocenters. The topological polar surface area (TPSA) is 101 Å². The molecule has 0 N–H and O–H groups in total. The summed E-state index contributed by atoms with van der Waals surface area (Å²) in [6.07, 6.45) is 0. The second-order valence-corrected chi connectivity index (χ2v) is 6.60. The van der Waals surface area contributed by atoms with E-state index in [-0.39, 0.29) is 17.9 Å². The van der Waals surface area contributed by atoms with Gasteiger partial charge in [-0.2, -0.15) is 0 Å². The van der Waals surface area contributed by atoms with Gasteiger partial charge in [-0.1, -0.05) is 30.3 Å². The van der Waals surface area contributed by atoms with E-state index in [0.29, 0.717) is 16.8 Å². The maximum Gasteiger partial charge on any atom is 0.269 e. The van der Waals surface area contributed by atoms with Crippen molar-refractivity contribution >= 4 is 29.1 Å². The van der Waals surface area contributed by atoms with Crippen LogP contribution in [-0.4, -0.2) is 34.2 Å². The Kier molecular flexibility index (Phi) is 4.81. The van der Waals surface area contributed by atoms with Crippen molar-refractivity contribution in [3.8, 4) is 0 Å². The first kappa shape index (κ1) is 19.0. The molecule has 0 aromatic heterocycles. The third kappa shape index (κ3) is 3.30. The molecule has 8 nitrogen and oxygen atoms in total. The van der Waals surface area contributed by atoms with Crippen LogP contribution in [-0.2, 0) is 0 Å². The highest BCUT2D eigenvalue weighted by Gasteiger charge is 2.37. The van der Waals surface area contributed by atoms with Gasteiger partial charge in [-0.15, -0.1) is 0 Å². The van der Waals surface area contributed by atoms with Gasteiger partial charge in [0.25, 0.3) is 23.4 Å². The second-order valence-electron chi connectivity index (χ2n) is 6.60. The average Bonchev–Trinajstić information content (AvgIpc) is 3.02. The van der Waals surface area contributed by atoms with E-state index in [1.807, 2.05) is 0 Å². The van der Waals surface area contributed by atoms with E-state index in [0.717, 1.165) is 4.90 Å². The predicted molar refractivity (Wildman–Crippen MR) is 108 cm³/mol. The van der Waals surface area contributed by atoms with Crippen LogP contribution in [0.1, 0.15) is 31.1 Å². The zero-order valence-electron chi connectivity index (χ0n) is 15.6. The zero-order chi connectivity index (χ0) is 21.3. The zero-order valence-corrected chi connectivity index (χ0v) is 15.6. The molecule has 0 radical (unpaired) electrons. The fourth-order valence-corrected chi connectivity index (χ4v) is 3.26. The number of carbonyl (C=O) groups excluding carboxylic acids is 3. The molecule has 148 valence electrons. The summed E-state index contributed by atoms with van der Waals surface area (Å²) >= 11 is 0. The molecule has 3 amide bonds. The van der Waals surface area contributed by atoms with Crippen molar-refractivity contribution in [2.24, 2.45) is 0 Å². The number of hydrogen-bond acceptors (Lipinski definition) is 5. The van der Waals surface area contributed by atoms with E-state index in [1.54, 1.807) is 54.6 Å². The lowest BCUT2D eigenvalue weighted by Crippen LogP contribution is -2.44. The Morgan fingerprint density at radius 1 is 0.833 bits per heavy atom. The highest BCUT2D eigenvalue weighted by molar-refractivity contribution is 6.22. The Balaban J connectivity index is 1.68. The maximum atomic E-state index is 13.2. The molecule has 0 saturated carbocycles. The molecule has 30 heavy (non-hydrogen) atoms. The van der Waals surface area contributed by atoms with Crippen LogP contribution in [0.25, 0.3) is 0 Å². The number of benzene rings is 3. The standard InChI is InChI=1S/C22H15N3O5/c26-20(15-10-12-17(13-11-15)25(29)30)23(16-6-2-1-3-7-16)14-24-21(27)18-8-4-5-9-19(18)22(24)28/h1-13H,14H2. The molecular formula is C22H15N3O5. The molecule has 0 fully saturated rings. The molecule has 8 heteroatoms. The van der Waals surface area contributed by atoms with Gasteiger partial charge < -0.3 is 0 Å². The summed E-state index contributed by atoms with van der Waals surface area (Å²) in [4.78, 5) is 51.3. The molecule has 0 spiro atoms. The van der Waals surface area contributed by atoms with Gasteiger partial charge in [0, 0.05) is 23.4 Å². The summed E-state index contributed by atoms with van der Waals surface area (Å²) in [5.74, 6) is -1.45. The summed E-state index contributed by atoms with van der Waals surface area (Å²) in [6.45, 7) is -0.286. The van der Waals surface area contributed by atoms with E-state index in [4.69, 9.17) is 0 Å². The third-order valence-corrected chi connectivity index (χ3v) is 4.80. The summed E-state index contributed by atoms with van der Waals surface area (Å²) < 4.78 is 0. The van der Waals surface area contributed by atoms with Crippen molar-refractivity contribution in [3.05, 3.63) is 106 Å². The van der Waals surface area contributed by atoms with Crippen LogP contribution in [0.3, 0.4) is 0 Å². The Hall–Kier alpha value is -4.33. The minimum atomic E-state index is -0.554. The predicted octanol–water partition coefficient (Wildman–Crippen LogP) is 3.50. The molecule has 0 saturated heterocycles. The number of nitro benzene ring substituents is 1. The number of anilines is 1. The molecular weight excluding hydrogens is 386 g/mol. The van der Waals surface area contributed by atoms with Crippen molar-refractivity contribution in [2.45, 2.75) is 0 Å². The van der Waals surface area contributed by atoms with Gasteiger partial charge in [0.15, 0.2) is 0 Å². The molecule has 3 aromatic carbocycles. The van der Waals surface area contributed by atoms with Gasteiger partial charge in [0.05, 0.1) is 16.1 Å². The summed E-state index contributed by atoms with van der Waals surface area (Å²) in [7, 11) is 0. The van der Waals surface area contributed by atoms with Crippen LogP contribution < -0.4 is 4.90 Å². The number of nitro groups is 1. The lowest BCUT2D eigenvalue weighted by atomic mass is 10.1. The Morgan fingerprint density at radius 2 is 1.37 bits per heavy atom. The van der Waals surface area contributed by atoms with Crippen molar-refractivity contribution in [1.29, 1.82) is 0 Å². The van der Waals surface area contributed by atoms with Crippen LogP contribution in [0, 0.1) is 10.1 Å². The van der Waals surface area contributed by atoms with Crippen LogP contribution in [0.15, 0.2) is 78.9 Å². The molecule has 0 aliphatic carbocycles. The number of carbonyl (C=O) groups is 3. The van der Waals surface area contributed by atoms with Gasteiger partial charge >= 0.3 is 0 Å². The third-order valence-electron chi connectivity index (χ3n) is 4.80. The van der Waals surface area contributed by atoms with E-state index in [2.05, 4.69) is 0 Å². The number of imide groups is 1. The molecule has 0 bridgehead atoms. The molecule has 4 rings (SSSR count). The lowest BCUT2D eigenvalue weighted by Gasteiger charge is -2.27. The van der Waals surface area contributed by atoms with E-state index >= 15 is 0 Å². The van der Waals surface area contributed by atoms with Crippen molar-refractivity contribution < 1.29 is 19.3 Å². The van der Waals surface area contributed by atoms with Crippen molar-refractivity contribution in [2.75, 3.05) is 11.6 Å². The second kappa shape index (κ2) is 7.59. The van der Waals surface area contributed by atoms with Crippen molar-refractivity contribution in [1.82, 2.24) is 4.90 Å². The summed E-state index contributed by atoms with van der Waals surface area (Å²) in [5, 5.41) is 10.9. The number of amides is 3. The Bertz CT molecular complexity index is 1120. The minimum Gasteiger partial charge on any atom is -0.290 e. The average molecular weight is 401 g/mol. The van der Waals surface area contributed by atoms with Gasteiger partial charge in [-0.05, 0) is 36.4 Å². The van der Waals surface area contributed by atoms with Crippen LogP contribution in [0.4, 0.5) is 11.4 Å². The molecule has 3 aromatic rings. The molecule has 1 aliphatic heterocycles. The highest BCUT2D eigenvalue weighted by atomic mass is 16.6. The normalized spacial score (nSPS) is 12.6. The first-order valence-corrected chi connectivity index (χ1v) is 9.04. The monoisotopic (exact) mass is 401 g/mol. The van der Waals surface area contributed by atoms with E-state index < -0.39 is 22.6 Å². The van der Waals surface area contributed by atoms with E-state index in [1.165, 1.54) is 29.2 Å². The molecule has 1 aliphatic rings. The first-order chi connectivity index (χ1) is 14.5.